The van der Waals surface area contributed by atoms with Gasteiger partial charge in [-0.15, -0.1) is 0 Å². The van der Waals surface area contributed by atoms with Gasteiger partial charge in [-0.25, -0.2) is 0 Å². The highest BCUT2D eigenvalue weighted by atomic mass is 32.2. The lowest BCUT2D eigenvalue weighted by Crippen LogP contribution is -2.36. The normalized spacial score (nSPS) is 11.9. The van der Waals surface area contributed by atoms with Gasteiger partial charge in [-0.2, -0.15) is 11.8 Å². The molecule has 0 aliphatic heterocycles. The van der Waals surface area contributed by atoms with E-state index in [2.05, 4.69) is 12.2 Å². The summed E-state index contributed by atoms with van der Waals surface area (Å²) >= 11 is 1.72. The Hall–Kier alpha value is -1.36. The second kappa shape index (κ2) is 7.16. The summed E-state index contributed by atoms with van der Waals surface area (Å²) in [5, 5.41) is 3.00. The maximum atomic E-state index is 12.1. The molecule has 0 radical (unpaired) electrons. The Labute approximate surface area is 112 Å². The third-order valence-electron chi connectivity index (χ3n) is 2.69. The molecular formula is C13H20N2O2S. The summed E-state index contributed by atoms with van der Waals surface area (Å²) in [5.41, 5.74) is 6.82. The number of hydrogen-bond acceptors (Lipinski definition) is 4. The largest absolute Gasteiger partial charge is 0.495 e. The lowest BCUT2D eigenvalue weighted by Gasteiger charge is -2.16. The number of nitrogens with two attached hydrogens (primary N) is 1. The van der Waals surface area contributed by atoms with Gasteiger partial charge in [-0.05, 0) is 30.9 Å². The molecule has 1 aromatic rings. The monoisotopic (exact) mass is 268 g/mol. The van der Waals surface area contributed by atoms with Crippen LogP contribution < -0.4 is 15.8 Å². The minimum Gasteiger partial charge on any atom is -0.495 e. The fourth-order valence-corrected chi connectivity index (χ4v) is 2.31. The molecule has 0 saturated heterocycles. The number of ether oxygens (including phenoxy) is 1. The first-order valence-electron chi connectivity index (χ1n) is 5.85. The summed E-state index contributed by atoms with van der Waals surface area (Å²) in [6.45, 7) is 2.06. The van der Waals surface area contributed by atoms with Crippen molar-refractivity contribution in [3.05, 3.63) is 23.8 Å². The fourth-order valence-electron chi connectivity index (χ4n) is 1.58. The standard InChI is InChI=1S/C13H20N2O2S/c1-4-10(8-18-3)15-13(16)9-5-6-11(14)12(7-9)17-2/h5-7,10H,4,8,14H2,1-3H3,(H,15,16). The van der Waals surface area contributed by atoms with Crippen LogP contribution in [0.5, 0.6) is 5.75 Å². The zero-order valence-electron chi connectivity index (χ0n) is 11.0. The Morgan fingerprint density at radius 1 is 1.56 bits per heavy atom. The highest BCUT2D eigenvalue weighted by Gasteiger charge is 2.13. The van der Waals surface area contributed by atoms with Crippen molar-refractivity contribution in [2.24, 2.45) is 0 Å². The molecule has 1 atom stereocenters. The average molecular weight is 268 g/mol. The van der Waals surface area contributed by atoms with Crippen molar-refractivity contribution in [2.45, 2.75) is 19.4 Å². The molecule has 1 rings (SSSR count). The van der Waals surface area contributed by atoms with Crippen molar-refractivity contribution in [3.63, 3.8) is 0 Å². The van der Waals surface area contributed by atoms with Crippen LogP contribution >= 0.6 is 11.8 Å². The van der Waals surface area contributed by atoms with Crippen LogP contribution in [-0.2, 0) is 0 Å². The van der Waals surface area contributed by atoms with E-state index in [0.717, 1.165) is 12.2 Å². The Bertz CT molecular complexity index is 410. The molecule has 5 heteroatoms. The molecule has 0 spiro atoms. The molecular weight excluding hydrogens is 248 g/mol. The molecule has 0 heterocycles. The van der Waals surface area contributed by atoms with Gasteiger partial charge in [0.2, 0.25) is 0 Å². The molecule has 0 aromatic heterocycles. The third kappa shape index (κ3) is 3.84. The Balaban J connectivity index is 2.77. The van der Waals surface area contributed by atoms with Crippen molar-refractivity contribution in [1.29, 1.82) is 0 Å². The predicted octanol–water partition coefficient (Wildman–Crippen LogP) is 2.15. The lowest BCUT2D eigenvalue weighted by atomic mass is 10.1. The first-order chi connectivity index (χ1) is 8.62. The third-order valence-corrected chi connectivity index (χ3v) is 3.43. The average Bonchev–Trinajstić information content (AvgIpc) is 2.38. The lowest BCUT2D eigenvalue weighted by molar-refractivity contribution is 0.0939. The maximum Gasteiger partial charge on any atom is 0.251 e. The number of carbonyl (C=O) groups is 1. The zero-order valence-corrected chi connectivity index (χ0v) is 11.8. The number of benzene rings is 1. The van der Waals surface area contributed by atoms with E-state index in [1.807, 2.05) is 6.26 Å². The van der Waals surface area contributed by atoms with Gasteiger partial charge < -0.3 is 15.8 Å². The van der Waals surface area contributed by atoms with Crippen molar-refractivity contribution >= 4 is 23.4 Å². The highest BCUT2D eigenvalue weighted by molar-refractivity contribution is 7.98. The van der Waals surface area contributed by atoms with Crippen LogP contribution in [0.1, 0.15) is 23.7 Å². The van der Waals surface area contributed by atoms with Crippen LogP contribution in [0, 0.1) is 0 Å². The van der Waals surface area contributed by atoms with Crippen LogP contribution in [0.25, 0.3) is 0 Å². The van der Waals surface area contributed by atoms with Crippen LogP contribution in [-0.4, -0.2) is 31.1 Å². The molecule has 0 aliphatic rings. The van der Waals surface area contributed by atoms with Crippen LogP contribution in [0.4, 0.5) is 5.69 Å². The van der Waals surface area contributed by atoms with E-state index >= 15 is 0 Å². The molecule has 18 heavy (non-hydrogen) atoms. The van der Waals surface area contributed by atoms with Gasteiger partial charge >= 0.3 is 0 Å². The van der Waals surface area contributed by atoms with Gasteiger partial charge in [-0.3, -0.25) is 4.79 Å². The van der Waals surface area contributed by atoms with Crippen molar-refractivity contribution < 1.29 is 9.53 Å². The quantitative estimate of drug-likeness (QED) is 0.776. The number of carbonyl (C=O) groups excluding carboxylic acids is 1. The summed E-state index contributed by atoms with van der Waals surface area (Å²) in [7, 11) is 1.54. The molecule has 1 unspecified atom stereocenters. The number of amides is 1. The Morgan fingerprint density at radius 2 is 2.28 bits per heavy atom. The van der Waals surface area contributed by atoms with Gasteiger partial charge in [0.15, 0.2) is 0 Å². The summed E-state index contributed by atoms with van der Waals surface area (Å²) < 4.78 is 5.11. The molecule has 100 valence electrons. The highest BCUT2D eigenvalue weighted by Crippen LogP contribution is 2.22. The van der Waals surface area contributed by atoms with Crippen LogP contribution in [0.3, 0.4) is 0 Å². The first kappa shape index (κ1) is 14.7. The number of nitrogens with one attached hydrogen (secondary N) is 1. The summed E-state index contributed by atoms with van der Waals surface area (Å²) in [4.78, 5) is 12.1. The SMILES string of the molecule is CCC(CSC)NC(=O)c1ccc(N)c(OC)c1. The van der Waals surface area contributed by atoms with E-state index in [4.69, 9.17) is 10.5 Å². The molecule has 3 N–H and O–H groups in total. The number of anilines is 1. The summed E-state index contributed by atoms with van der Waals surface area (Å²) in [6, 6.07) is 5.25. The summed E-state index contributed by atoms with van der Waals surface area (Å²) in [6.07, 6.45) is 2.94. The minimum absolute atomic E-state index is 0.0887. The van der Waals surface area contributed by atoms with E-state index in [9.17, 15) is 4.79 Å². The number of rotatable bonds is 6. The number of hydrogen-bond donors (Lipinski definition) is 2. The van der Waals surface area contributed by atoms with E-state index in [1.165, 1.54) is 7.11 Å². The number of thioether (sulfide) groups is 1. The summed E-state index contributed by atoms with van der Waals surface area (Å²) in [5.74, 6) is 1.35. The molecule has 4 nitrogen and oxygen atoms in total. The zero-order chi connectivity index (χ0) is 13.5. The maximum absolute atomic E-state index is 12.1. The second-order valence-electron chi connectivity index (χ2n) is 3.99. The fraction of sp³-hybridized carbons (Fsp3) is 0.462. The van der Waals surface area contributed by atoms with Gasteiger partial charge in [0.05, 0.1) is 12.8 Å². The van der Waals surface area contributed by atoms with Crippen molar-refractivity contribution in [1.82, 2.24) is 5.32 Å². The second-order valence-corrected chi connectivity index (χ2v) is 4.90. The first-order valence-corrected chi connectivity index (χ1v) is 7.25. The number of nitrogen functional groups attached to an aromatic ring is 1. The van der Waals surface area contributed by atoms with Crippen molar-refractivity contribution in [3.8, 4) is 5.75 Å². The van der Waals surface area contributed by atoms with Crippen LogP contribution in [0.15, 0.2) is 18.2 Å². The topological polar surface area (TPSA) is 64.4 Å². The molecule has 1 aromatic carbocycles. The number of methoxy groups -OCH3 is 1. The Morgan fingerprint density at radius 3 is 2.83 bits per heavy atom. The van der Waals surface area contributed by atoms with Crippen molar-refractivity contribution in [2.75, 3.05) is 24.9 Å². The van der Waals surface area contributed by atoms with E-state index in [1.54, 1.807) is 30.0 Å². The van der Waals surface area contributed by atoms with E-state index in [0.29, 0.717) is 17.0 Å². The van der Waals surface area contributed by atoms with Gasteiger partial charge in [-0.1, -0.05) is 6.92 Å². The molecule has 0 saturated carbocycles. The van der Waals surface area contributed by atoms with Gasteiger partial charge in [0.1, 0.15) is 5.75 Å². The Kier molecular flexibility index (Phi) is 5.85. The van der Waals surface area contributed by atoms with Gasteiger partial charge in [0, 0.05) is 17.4 Å². The molecule has 1 amide bonds. The smallest absolute Gasteiger partial charge is 0.251 e. The van der Waals surface area contributed by atoms with Gasteiger partial charge in [0.25, 0.3) is 5.91 Å². The minimum atomic E-state index is -0.0887. The molecule has 0 fully saturated rings. The van der Waals surface area contributed by atoms with Crippen LogP contribution in [0.2, 0.25) is 0 Å². The molecule has 0 bridgehead atoms. The predicted molar refractivity (Wildman–Crippen MR) is 77.3 cm³/mol. The van der Waals surface area contributed by atoms with E-state index < -0.39 is 0 Å². The molecule has 0 aliphatic carbocycles. The van der Waals surface area contributed by atoms with E-state index in [-0.39, 0.29) is 11.9 Å².